The highest BCUT2D eigenvalue weighted by Crippen LogP contribution is 2.44. The Hall–Kier alpha value is -3.99. The topological polar surface area (TPSA) is 137 Å². The van der Waals surface area contributed by atoms with Gasteiger partial charge in [-0.1, -0.05) is 11.6 Å². The van der Waals surface area contributed by atoms with E-state index in [2.05, 4.69) is 15.0 Å². The van der Waals surface area contributed by atoms with Crippen LogP contribution in [-0.4, -0.2) is 43.0 Å². The summed E-state index contributed by atoms with van der Waals surface area (Å²) < 4.78 is 29.5. The predicted octanol–water partition coefficient (Wildman–Crippen LogP) is 4.59. The van der Waals surface area contributed by atoms with Gasteiger partial charge in [-0.05, 0) is 43.0 Å². The number of nitrogen functional groups attached to an aromatic ring is 1. The van der Waals surface area contributed by atoms with Crippen molar-refractivity contribution in [1.82, 2.24) is 19.9 Å². The molecular formula is C23H19ClF2N6O3. The van der Waals surface area contributed by atoms with Crippen molar-refractivity contribution in [2.24, 2.45) is 0 Å². The maximum atomic E-state index is 14.8. The van der Waals surface area contributed by atoms with Crippen molar-refractivity contribution >= 4 is 40.7 Å². The summed E-state index contributed by atoms with van der Waals surface area (Å²) in [5.74, 6) is -1.77. The monoisotopic (exact) mass is 500 g/mol. The molecule has 0 aliphatic carbocycles. The number of fused-ring (bicyclic) bond motifs is 1. The van der Waals surface area contributed by atoms with Crippen LogP contribution in [0.3, 0.4) is 0 Å². The second-order valence-corrected chi connectivity index (χ2v) is 8.73. The normalized spacial score (nSPS) is 19.5. The van der Waals surface area contributed by atoms with Crippen molar-refractivity contribution < 1.29 is 23.5 Å². The zero-order chi connectivity index (χ0) is 24.9. The van der Waals surface area contributed by atoms with Gasteiger partial charge >= 0.3 is 6.09 Å². The summed E-state index contributed by atoms with van der Waals surface area (Å²) in [6, 6.07) is 3.70. The van der Waals surface area contributed by atoms with E-state index in [0.29, 0.717) is 36.4 Å². The van der Waals surface area contributed by atoms with E-state index >= 15 is 0 Å². The van der Waals surface area contributed by atoms with Gasteiger partial charge in [0.05, 0.1) is 23.0 Å². The first kappa shape index (κ1) is 22.8. The number of amides is 2. The summed E-state index contributed by atoms with van der Waals surface area (Å²) in [6.45, 7) is 0. The number of imidazole rings is 1. The van der Waals surface area contributed by atoms with Gasteiger partial charge in [-0.2, -0.15) is 0 Å². The number of aromatic nitrogens is 3. The average molecular weight is 501 g/mol. The molecular weight excluding hydrogens is 482 g/mol. The number of pyridine rings is 1. The molecule has 5 rings (SSSR count). The number of hydrogen-bond acceptors (Lipinski definition) is 5. The molecule has 4 heterocycles. The molecule has 5 N–H and O–H groups in total. The molecule has 2 aromatic heterocycles. The number of rotatable bonds is 4. The van der Waals surface area contributed by atoms with Gasteiger partial charge in [0.1, 0.15) is 5.82 Å². The Balaban J connectivity index is 1.43. The molecule has 0 saturated carbocycles. The number of benzene rings is 1. The quantitative estimate of drug-likeness (QED) is 0.386. The summed E-state index contributed by atoms with van der Waals surface area (Å²) in [5, 5.41) is 10.7. The molecule has 12 heteroatoms. The van der Waals surface area contributed by atoms with Crippen LogP contribution in [0.1, 0.15) is 36.7 Å². The fraction of sp³-hybridized carbons (Fsp3) is 0.217. The van der Waals surface area contributed by atoms with Gasteiger partial charge in [0.15, 0.2) is 17.5 Å². The van der Waals surface area contributed by atoms with Crippen LogP contribution in [0.25, 0.3) is 16.8 Å². The first-order chi connectivity index (χ1) is 16.7. The van der Waals surface area contributed by atoms with Crippen molar-refractivity contribution in [1.29, 1.82) is 0 Å². The molecule has 1 unspecified atom stereocenters. The Morgan fingerprint density at radius 3 is 2.80 bits per heavy atom. The second-order valence-electron chi connectivity index (χ2n) is 8.33. The van der Waals surface area contributed by atoms with E-state index < -0.39 is 23.5 Å². The first-order valence-electron chi connectivity index (χ1n) is 10.7. The van der Waals surface area contributed by atoms with Gasteiger partial charge < -0.3 is 20.7 Å². The molecule has 180 valence electrons. The molecule has 0 radical (unpaired) electrons. The number of halogens is 3. The number of hydrogen-bond donors (Lipinski definition) is 4. The lowest BCUT2D eigenvalue weighted by Gasteiger charge is -2.33. The van der Waals surface area contributed by atoms with E-state index in [-0.39, 0.29) is 39.8 Å². The number of H-pyrrole nitrogens is 1. The highest BCUT2D eigenvalue weighted by Gasteiger charge is 2.42. The van der Waals surface area contributed by atoms with Crippen LogP contribution in [0.15, 0.2) is 36.7 Å². The third kappa shape index (κ3) is 3.97. The lowest BCUT2D eigenvalue weighted by Crippen LogP contribution is -2.39. The Morgan fingerprint density at radius 2 is 2.03 bits per heavy atom. The molecule has 2 amide bonds. The van der Waals surface area contributed by atoms with Crippen LogP contribution in [-0.2, 0) is 4.79 Å². The van der Waals surface area contributed by atoms with Crippen molar-refractivity contribution in [2.75, 3.05) is 11.1 Å². The molecule has 2 atom stereocenters. The summed E-state index contributed by atoms with van der Waals surface area (Å²) in [7, 11) is 0. The number of carboxylic acid groups (broad SMARTS) is 1. The zero-order valence-corrected chi connectivity index (χ0v) is 18.8. The molecule has 2 aliphatic heterocycles. The van der Waals surface area contributed by atoms with E-state index in [1.165, 1.54) is 36.7 Å². The highest BCUT2D eigenvalue weighted by molar-refractivity contribution is 6.31. The van der Waals surface area contributed by atoms with E-state index in [1.54, 1.807) is 4.90 Å². The van der Waals surface area contributed by atoms with Gasteiger partial charge in [-0.3, -0.25) is 10.1 Å². The van der Waals surface area contributed by atoms with Crippen LogP contribution in [0.2, 0.25) is 5.02 Å². The number of nitrogens with two attached hydrogens (primary N) is 1. The minimum atomic E-state index is -1.44. The second kappa shape index (κ2) is 8.66. The van der Waals surface area contributed by atoms with E-state index in [9.17, 15) is 18.4 Å². The van der Waals surface area contributed by atoms with Gasteiger partial charge in [-0.15, -0.1) is 0 Å². The third-order valence-corrected chi connectivity index (χ3v) is 6.57. The Kier molecular flexibility index (Phi) is 5.64. The number of nitrogens with zero attached hydrogens (tertiary/aromatic N) is 3. The van der Waals surface area contributed by atoms with Gasteiger partial charge in [0.25, 0.3) is 0 Å². The molecule has 3 aromatic rings. The molecule has 1 aromatic carbocycles. The Morgan fingerprint density at radius 1 is 1.23 bits per heavy atom. The summed E-state index contributed by atoms with van der Waals surface area (Å²) in [6.07, 6.45) is 4.29. The van der Waals surface area contributed by atoms with Gasteiger partial charge in [0.2, 0.25) is 5.91 Å². The molecule has 1 fully saturated rings. The van der Waals surface area contributed by atoms with Crippen molar-refractivity contribution in [3.63, 3.8) is 0 Å². The van der Waals surface area contributed by atoms with Crippen LogP contribution in [0, 0.1) is 11.6 Å². The highest BCUT2D eigenvalue weighted by atomic mass is 35.5. The molecule has 0 bridgehead atoms. The van der Waals surface area contributed by atoms with Gasteiger partial charge in [-0.25, -0.2) is 23.5 Å². The number of carbonyl (C=O) groups is 2. The Labute approximate surface area is 202 Å². The fourth-order valence-corrected chi connectivity index (χ4v) is 4.93. The first-order valence-corrected chi connectivity index (χ1v) is 11.1. The van der Waals surface area contributed by atoms with E-state index in [1.807, 2.05) is 5.32 Å². The summed E-state index contributed by atoms with van der Waals surface area (Å²) in [4.78, 5) is 36.8. The number of nitrogens with one attached hydrogen (secondary N) is 2. The largest absolute Gasteiger partial charge is 0.465 e. The van der Waals surface area contributed by atoms with Crippen LogP contribution >= 0.6 is 11.6 Å². The maximum absolute atomic E-state index is 14.8. The standard InChI is InChI=1S/C23H19ClF2N6O3/c24-13-2-3-14(27)18(20(13)26)10-7-11-1-4-16(32(11)17(33)8-10)21-29-9-15(30-21)12-5-6-28-22(19(12)25)31-23(34)35/h2-3,5-6,8-9,11,16H,1,4,7,27H2,(H,28,31)(H,29,30)(H,34,35)/t11?,16-/m0/s1. The predicted molar refractivity (Wildman–Crippen MR) is 124 cm³/mol. The molecule has 2 aliphatic rings. The lowest BCUT2D eigenvalue weighted by molar-refractivity contribution is -0.129. The minimum Gasteiger partial charge on any atom is -0.465 e. The van der Waals surface area contributed by atoms with Crippen molar-refractivity contribution in [3.8, 4) is 11.3 Å². The number of carbonyl (C=O) groups excluding carboxylic acids is 1. The molecule has 35 heavy (non-hydrogen) atoms. The van der Waals surface area contributed by atoms with Gasteiger partial charge in [0, 0.05) is 35.1 Å². The Bertz CT molecular complexity index is 1390. The molecule has 1 saturated heterocycles. The smallest absolute Gasteiger partial charge is 0.410 e. The number of aromatic amines is 1. The third-order valence-electron chi connectivity index (χ3n) is 6.27. The van der Waals surface area contributed by atoms with Crippen molar-refractivity contribution in [3.05, 3.63) is 64.7 Å². The van der Waals surface area contributed by atoms with Crippen LogP contribution in [0.5, 0.6) is 0 Å². The van der Waals surface area contributed by atoms with Crippen molar-refractivity contribution in [2.45, 2.75) is 31.3 Å². The fourth-order valence-electron chi connectivity index (χ4n) is 4.77. The summed E-state index contributed by atoms with van der Waals surface area (Å²) in [5.41, 5.74) is 7.22. The molecule has 0 spiro atoms. The maximum Gasteiger partial charge on any atom is 0.410 e. The SMILES string of the molecule is Nc1ccc(Cl)c(F)c1C1=CC(=O)N2C(CC[C@H]2c2ncc(-c3ccnc(NC(=O)O)c3F)[nH]2)C1. The van der Waals surface area contributed by atoms with Crippen LogP contribution < -0.4 is 11.1 Å². The lowest BCUT2D eigenvalue weighted by atomic mass is 9.92. The summed E-state index contributed by atoms with van der Waals surface area (Å²) >= 11 is 5.93. The van der Waals surface area contributed by atoms with Crippen LogP contribution in [0.4, 0.5) is 25.1 Å². The molecule has 9 nitrogen and oxygen atoms in total. The van der Waals surface area contributed by atoms with E-state index in [4.69, 9.17) is 22.4 Å². The van der Waals surface area contributed by atoms with E-state index in [0.717, 1.165) is 0 Å². The average Bonchev–Trinajstić information content (AvgIpc) is 3.45. The number of anilines is 2. The zero-order valence-electron chi connectivity index (χ0n) is 18.1. The minimum absolute atomic E-state index is 0.0672.